The van der Waals surface area contributed by atoms with E-state index in [9.17, 15) is 13.5 Å². The number of hydrogen-bond donors (Lipinski definition) is 2. The highest BCUT2D eigenvalue weighted by atomic mass is 32.2. The van der Waals surface area contributed by atoms with E-state index in [4.69, 9.17) is 0 Å². The molecule has 1 fully saturated rings. The fourth-order valence-corrected chi connectivity index (χ4v) is 4.67. The third kappa shape index (κ3) is 3.47. The molecule has 1 aromatic carbocycles. The van der Waals surface area contributed by atoms with E-state index in [1.807, 2.05) is 0 Å². The number of benzene rings is 1. The summed E-state index contributed by atoms with van der Waals surface area (Å²) in [7, 11) is -3.52. The average molecular weight is 311 g/mol. The van der Waals surface area contributed by atoms with Crippen LogP contribution in [0.3, 0.4) is 0 Å². The van der Waals surface area contributed by atoms with Gasteiger partial charge in [0, 0.05) is 6.54 Å². The molecular formula is C16H25NO3S. The van der Waals surface area contributed by atoms with Gasteiger partial charge in [-0.1, -0.05) is 31.9 Å². The quantitative estimate of drug-likeness (QED) is 0.849. The first-order valence-electron chi connectivity index (χ1n) is 7.63. The molecule has 0 spiro atoms. The minimum absolute atomic E-state index is 0.121. The van der Waals surface area contributed by atoms with Crippen molar-refractivity contribution < 1.29 is 13.5 Å². The predicted octanol–water partition coefficient (Wildman–Crippen LogP) is 2.74. The lowest BCUT2D eigenvalue weighted by atomic mass is 9.84. The van der Waals surface area contributed by atoms with Crippen molar-refractivity contribution in [3.05, 3.63) is 29.3 Å². The Balaban J connectivity index is 2.19. The second-order valence-electron chi connectivity index (χ2n) is 6.08. The largest absolute Gasteiger partial charge is 0.392 e. The molecule has 1 aliphatic carbocycles. The summed E-state index contributed by atoms with van der Waals surface area (Å²) in [4.78, 5) is 0.276. The minimum atomic E-state index is -3.52. The summed E-state index contributed by atoms with van der Waals surface area (Å²) >= 11 is 0. The Labute approximate surface area is 127 Å². The summed E-state index contributed by atoms with van der Waals surface area (Å²) in [5.41, 5.74) is 1.41. The Morgan fingerprint density at radius 3 is 2.52 bits per heavy atom. The number of nitrogens with one attached hydrogen (secondary N) is 1. The van der Waals surface area contributed by atoms with Crippen LogP contribution in [0.4, 0.5) is 0 Å². The summed E-state index contributed by atoms with van der Waals surface area (Å²) in [6.07, 6.45) is 5.58. The standard InChI is InChI=1S/C16H25NO3S/c1-3-16(9-4-5-10-16)12-17-21(19,20)15-8-6-7-14(11-18)13(15)2/h6-8,17-18H,3-5,9-12H2,1-2H3. The molecule has 1 aromatic rings. The lowest BCUT2D eigenvalue weighted by molar-refractivity contribution is 0.280. The van der Waals surface area contributed by atoms with Crippen LogP contribution >= 0.6 is 0 Å². The van der Waals surface area contributed by atoms with E-state index in [2.05, 4.69) is 11.6 Å². The predicted molar refractivity (Wildman–Crippen MR) is 83.5 cm³/mol. The van der Waals surface area contributed by atoms with Gasteiger partial charge in [-0.25, -0.2) is 13.1 Å². The zero-order valence-corrected chi connectivity index (χ0v) is 13.7. The second-order valence-corrected chi connectivity index (χ2v) is 7.82. The normalized spacial score (nSPS) is 18.0. The summed E-state index contributed by atoms with van der Waals surface area (Å²) < 4.78 is 27.9. The molecule has 1 saturated carbocycles. The van der Waals surface area contributed by atoms with Crippen LogP contribution in [0.15, 0.2) is 23.1 Å². The lowest BCUT2D eigenvalue weighted by Crippen LogP contribution is -2.36. The van der Waals surface area contributed by atoms with Crippen molar-refractivity contribution in [1.29, 1.82) is 0 Å². The van der Waals surface area contributed by atoms with Crippen molar-refractivity contribution in [2.75, 3.05) is 6.54 Å². The first-order chi connectivity index (χ1) is 9.94. The van der Waals surface area contributed by atoms with Gasteiger partial charge in [0.15, 0.2) is 0 Å². The first-order valence-corrected chi connectivity index (χ1v) is 9.11. The maximum atomic E-state index is 12.5. The van der Waals surface area contributed by atoms with Crippen LogP contribution in [0.1, 0.15) is 50.2 Å². The van der Waals surface area contributed by atoms with Gasteiger partial charge in [-0.05, 0) is 48.8 Å². The van der Waals surface area contributed by atoms with E-state index < -0.39 is 10.0 Å². The van der Waals surface area contributed by atoms with Gasteiger partial charge >= 0.3 is 0 Å². The Hall–Kier alpha value is -0.910. The molecule has 0 aromatic heterocycles. The van der Waals surface area contributed by atoms with Crippen LogP contribution in [0, 0.1) is 12.3 Å². The van der Waals surface area contributed by atoms with Crippen molar-refractivity contribution in [3.8, 4) is 0 Å². The Kier molecular flexibility index (Phi) is 5.07. The van der Waals surface area contributed by atoms with Crippen molar-refractivity contribution in [3.63, 3.8) is 0 Å². The molecule has 2 N–H and O–H groups in total. The topological polar surface area (TPSA) is 66.4 Å². The molecule has 0 radical (unpaired) electrons. The first kappa shape index (κ1) is 16.5. The van der Waals surface area contributed by atoms with Gasteiger partial charge in [0.05, 0.1) is 11.5 Å². The number of rotatable bonds is 6. The highest BCUT2D eigenvalue weighted by Crippen LogP contribution is 2.40. The molecule has 5 heteroatoms. The van der Waals surface area contributed by atoms with Crippen LogP contribution in [0.5, 0.6) is 0 Å². The smallest absolute Gasteiger partial charge is 0.240 e. The third-order valence-electron chi connectivity index (χ3n) is 4.91. The molecule has 2 rings (SSSR count). The lowest BCUT2D eigenvalue weighted by Gasteiger charge is -2.27. The molecule has 0 unspecified atom stereocenters. The third-order valence-corrected chi connectivity index (χ3v) is 6.45. The average Bonchev–Trinajstić information content (AvgIpc) is 2.95. The van der Waals surface area contributed by atoms with Gasteiger partial charge in [0.2, 0.25) is 10.0 Å². The van der Waals surface area contributed by atoms with Gasteiger partial charge in [0.1, 0.15) is 0 Å². The van der Waals surface area contributed by atoms with E-state index >= 15 is 0 Å². The Morgan fingerprint density at radius 1 is 1.29 bits per heavy atom. The highest BCUT2D eigenvalue weighted by Gasteiger charge is 2.33. The van der Waals surface area contributed by atoms with Gasteiger partial charge in [-0.3, -0.25) is 0 Å². The van der Waals surface area contributed by atoms with E-state index in [0.29, 0.717) is 17.7 Å². The summed E-state index contributed by atoms with van der Waals surface area (Å²) in [5, 5.41) is 9.27. The van der Waals surface area contributed by atoms with E-state index in [1.54, 1.807) is 25.1 Å². The number of sulfonamides is 1. The van der Waals surface area contributed by atoms with Crippen molar-refractivity contribution in [1.82, 2.24) is 4.72 Å². The van der Waals surface area contributed by atoms with E-state index in [1.165, 1.54) is 12.8 Å². The van der Waals surface area contributed by atoms with Crippen molar-refractivity contribution >= 4 is 10.0 Å². The SMILES string of the molecule is CCC1(CNS(=O)(=O)c2cccc(CO)c2C)CCCC1. The molecule has 4 nitrogen and oxygen atoms in total. The zero-order valence-electron chi connectivity index (χ0n) is 12.9. The molecule has 0 atom stereocenters. The zero-order chi connectivity index (χ0) is 15.5. The minimum Gasteiger partial charge on any atom is -0.392 e. The van der Waals surface area contributed by atoms with E-state index in [-0.39, 0.29) is 16.9 Å². The van der Waals surface area contributed by atoms with Crippen LogP contribution < -0.4 is 4.72 Å². The fourth-order valence-electron chi connectivity index (χ4n) is 3.23. The fraction of sp³-hybridized carbons (Fsp3) is 0.625. The molecule has 0 heterocycles. The van der Waals surface area contributed by atoms with Crippen molar-refractivity contribution in [2.45, 2.75) is 57.5 Å². The molecular weight excluding hydrogens is 286 g/mol. The maximum absolute atomic E-state index is 12.5. The molecule has 1 aliphatic rings. The van der Waals surface area contributed by atoms with Crippen LogP contribution in [0.25, 0.3) is 0 Å². The number of hydrogen-bond acceptors (Lipinski definition) is 3. The summed E-state index contributed by atoms with van der Waals surface area (Å²) in [6.45, 7) is 4.24. The van der Waals surface area contributed by atoms with Crippen LogP contribution in [-0.4, -0.2) is 20.1 Å². The second kappa shape index (κ2) is 6.46. The van der Waals surface area contributed by atoms with Gasteiger partial charge in [-0.2, -0.15) is 0 Å². The van der Waals surface area contributed by atoms with Gasteiger partial charge in [-0.15, -0.1) is 0 Å². The van der Waals surface area contributed by atoms with Gasteiger partial charge in [0.25, 0.3) is 0 Å². The number of aliphatic hydroxyl groups is 1. The molecule has 0 saturated heterocycles. The molecule has 118 valence electrons. The van der Waals surface area contributed by atoms with Crippen molar-refractivity contribution in [2.24, 2.45) is 5.41 Å². The number of aliphatic hydroxyl groups excluding tert-OH is 1. The maximum Gasteiger partial charge on any atom is 0.240 e. The summed E-state index contributed by atoms with van der Waals surface area (Å²) in [6, 6.07) is 5.03. The van der Waals surface area contributed by atoms with E-state index in [0.717, 1.165) is 19.3 Å². The Bertz CT molecular complexity index is 590. The van der Waals surface area contributed by atoms with Crippen LogP contribution in [-0.2, 0) is 16.6 Å². The van der Waals surface area contributed by atoms with Gasteiger partial charge < -0.3 is 5.11 Å². The molecule has 0 bridgehead atoms. The van der Waals surface area contributed by atoms with Crippen LogP contribution in [0.2, 0.25) is 0 Å². The molecule has 0 aliphatic heterocycles. The molecule has 21 heavy (non-hydrogen) atoms. The Morgan fingerprint density at radius 2 is 1.95 bits per heavy atom. The monoisotopic (exact) mass is 311 g/mol. The molecule has 0 amide bonds. The summed E-state index contributed by atoms with van der Waals surface area (Å²) in [5.74, 6) is 0. The highest BCUT2D eigenvalue weighted by molar-refractivity contribution is 7.89.